The van der Waals surface area contributed by atoms with Crippen LogP contribution in [0.4, 0.5) is 5.82 Å². The molecular weight excluding hydrogens is 214 g/mol. The smallest absolute Gasteiger partial charge is 0.129 e. The van der Waals surface area contributed by atoms with E-state index in [4.69, 9.17) is 0 Å². The van der Waals surface area contributed by atoms with E-state index in [9.17, 15) is 0 Å². The van der Waals surface area contributed by atoms with Gasteiger partial charge in [0.15, 0.2) is 0 Å². The van der Waals surface area contributed by atoms with Gasteiger partial charge in [-0.25, -0.2) is 15.0 Å². The van der Waals surface area contributed by atoms with Crippen molar-refractivity contribution in [2.45, 2.75) is 26.7 Å². The fourth-order valence-corrected chi connectivity index (χ4v) is 1.71. The summed E-state index contributed by atoms with van der Waals surface area (Å²) in [6, 6.07) is 1.96. The molecule has 0 fully saturated rings. The first-order valence-corrected chi connectivity index (χ1v) is 5.78. The lowest BCUT2D eigenvalue weighted by Gasteiger charge is -2.06. The predicted octanol–water partition coefficient (Wildman–Crippen LogP) is 1.86. The Balaban J connectivity index is 1.78. The molecule has 0 unspecified atom stereocenters. The molecule has 0 bridgehead atoms. The third-order valence-corrected chi connectivity index (χ3v) is 2.42. The Kier molecular flexibility index (Phi) is 3.69. The lowest BCUT2D eigenvalue weighted by molar-refractivity contribution is 0.812. The zero-order valence-electron chi connectivity index (χ0n) is 10.2. The Morgan fingerprint density at radius 2 is 2.18 bits per heavy atom. The van der Waals surface area contributed by atoms with Gasteiger partial charge in [-0.3, -0.25) is 0 Å². The van der Waals surface area contributed by atoms with Crippen LogP contribution >= 0.6 is 0 Å². The van der Waals surface area contributed by atoms with E-state index < -0.39 is 0 Å². The lowest BCUT2D eigenvalue weighted by Crippen LogP contribution is -2.06. The van der Waals surface area contributed by atoms with Crippen LogP contribution in [0.2, 0.25) is 0 Å². The van der Waals surface area contributed by atoms with Gasteiger partial charge in [-0.2, -0.15) is 0 Å². The quantitative estimate of drug-likeness (QED) is 0.771. The van der Waals surface area contributed by atoms with Gasteiger partial charge in [0.2, 0.25) is 0 Å². The van der Waals surface area contributed by atoms with Gasteiger partial charge in [0, 0.05) is 37.1 Å². The topological polar surface area (TPSA) is 66.5 Å². The molecule has 2 rings (SSSR count). The average molecular weight is 231 g/mol. The van der Waals surface area contributed by atoms with Crippen LogP contribution in [0.5, 0.6) is 0 Å². The summed E-state index contributed by atoms with van der Waals surface area (Å²) >= 11 is 0. The molecule has 0 aliphatic rings. The molecule has 0 aromatic carbocycles. The highest BCUT2D eigenvalue weighted by Gasteiger charge is 1.98. The Morgan fingerprint density at radius 1 is 1.29 bits per heavy atom. The molecule has 2 aromatic heterocycles. The van der Waals surface area contributed by atoms with Crippen LogP contribution in [0.25, 0.3) is 0 Å². The Hall–Kier alpha value is -1.91. The van der Waals surface area contributed by atoms with E-state index in [1.54, 1.807) is 6.20 Å². The Bertz CT molecular complexity index is 444. The van der Waals surface area contributed by atoms with Crippen LogP contribution in [0.3, 0.4) is 0 Å². The van der Waals surface area contributed by atoms with Crippen LogP contribution in [-0.2, 0) is 6.42 Å². The van der Waals surface area contributed by atoms with Gasteiger partial charge in [0.05, 0.1) is 0 Å². The largest absolute Gasteiger partial charge is 0.370 e. The second-order valence-corrected chi connectivity index (χ2v) is 4.01. The van der Waals surface area contributed by atoms with E-state index in [1.807, 2.05) is 26.1 Å². The summed E-state index contributed by atoms with van der Waals surface area (Å²) < 4.78 is 0. The molecule has 0 radical (unpaired) electrons. The van der Waals surface area contributed by atoms with Crippen molar-refractivity contribution < 1.29 is 0 Å². The molecular formula is C12H17N5. The summed E-state index contributed by atoms with van der Waals surface area (Å²) in [6.07, 6.45) is 5.60. The number of imidazole rings is 1. The van der Waals surface area contributed by atoms with Crippen molar-refractivity contribution in [3.8, 4) is 0 Å². The number of hydrogen-bond donors (Lipinski definition) is 2. The summed E-state index contributed by atoms with van der Waals surface area (Å²) in [5.41, 5.74) is 0.992. The molecule has 0 aliphatic heterocycles. The van der Waals surface area contributed by atoms with Crippen molar-refractivity contribution in [1.82, 2.24) is 19.9 Å². The molecule has 0 amide bonds. The van der Waals surface area contributed by atoms with E-state index in [0.29, 0.717) is 0 Å². The first kappa shape index (κ1) is 11.6. The van der Waals surface area contributed by atoms with Crippen molar-refractivity contribution in [2.24, 2.45) is 0 Å². The number of nitrogens with one attached hydrogen (secondary N) is 2. The molecule has 5 nitrogen and oxygen atoms in total. The first-order valence-electron chi connectivity index (χ1n) is 5.78. The third-order valence-electron chi connectivity index (χ3n) is 2.42. The monoisotopic (exact) mass is 231 g/mol. The molecule has 17 heavy (non-hydrogen) atoms. The van der Waals surface area contributed by atoms with Crippen LogP contribution < -0.4 is 5.32 Å². The standard InChI is InChI=1S/C12H17N5/c1-9-8-12(17-10(2)16-9)13-5-3-4-11-14-6-7-15-11/h6-8H,3-5H2,1-2H3,(H,14,15)(H,13,16,17). The van der Waals surface area contributed by atoms with Crippen LogP contribution in [0, 0.1) is 13.8 Å². The summed E-state index contributed by atoms with van der Waals surface area (Å²) in [5.74, 6) is 2.73. The van der Waals surface area contributed by atoms with Gasteiger partial charge < -0.3 is 10.3 Å². The summed E-state index contributed by atoms with van der Waals surface area (Å²) in [4.78, 5) is 15.8. The SMILES string of the molecule is Cc1cc(NCCCc2ncc[nH]2)nc(C)n1. The highest BCUT2D eigenvalue weighted by atomic mass is 15.0. The Morgan fingerprint density at radius 3 is 2.88 bits per heavy atom. The van der Waals surface area contributed by atoms with Crippen LogP contribution in [0.15, 0.2) is 18.5 Å². The second kappa shape index (κ2) is 5.43. The number of anilines is 1. The van der Waals surface area contributed by atoms with E-state index in [0.717, 1.165) is 42.5 Å². The van der Waals surface area contributed by atoms with Gasteiger partial charge in [-0.1, -0.05) is 0 Å². The van der Waals surface area contributed by atoms with Crippen molar-refractivity contribution in [2.75, 3.05) is 11.9 Å². The van der Waals surface area contributed by atoms with Crippen molar-refractivity contribution in [1.29, 1.82) is 0 Å². The minimum Gasteiger partial charge on any atom is -0.370 e. The molecule has 2 heterocycles. The van der Waals surface area contributed by atoms with Crippen molar-refractivity contribution >= 4 is 5.82 Å². The third kappa shape index (κ3) is 3.55. The molecule has 2 aromatic rings. The second-order valence-electron chi connectivity index (χ2n) is 4.01. The lowest BCUT2D eigenvalue weighted by atomic mass is 10.3. The maximum Gasteiger partial charge on any atom is 0.129 e. The number of aromatic amines is 1. The first-order chi connectivity index (χ1) is 8.24. The fourth-order valence-electron chi connectivity index (χ4n) is 1.71. The number of rotatable bonds is 5. The van der Waals surface area contributed by atoms with E-state index in [2.05, 4.69) is 25.3 Å². The summed E-state index contributed by atoms with van der Waals surface area (Å²) in [6.45, 7) is 4.76. The minimum atomic E-state index is 0.804. The Labute approximate surface area is 101 Å². The average Bonchev–Trinajstić information content (AvgIpc) is 2.76. The van der Waals surface area contributed by atoms with Gasteiger partial charge in [0.25, 0.3) is 0 Å². The number of hydrogen-bond acceptors (Lipinski definition) is 4. The molecule has 5 heteroatoms. The van der Waals surface area contributed by atoms with Gasteiger partial charge >= 0.3 is 0 Å². The predicted molar refractivity (Wildman–Crippen MR) is 66.9 cm³/mol. The maximum atomic E-state index is 4.32. The number of aromatic nitrogens is 4. The molecule has 0 atom stereocenters. The van der Waals surface area contributed by atoms with Gasteiger partial charge in [-0.05, 0) is 20.3 Å². The zero-order chi connectivity index (χ0) is 12.1. The number of nitrogens with zero attached hydrogens (tertiary/aromatic N) is 3. The van der Waals surface area contributed by atoms with E-state index in [-0.39, 0.29) is 0 Å². The molecule has 0 saturated heterocycles. The van der Waals surface area contributed by atoms with Gasteiger partial charge in [0.1, 0.15) is 17.5 Å². The van der Waals surface area contributed by atoms with E-state index >= 15 is 0 Å². The molecule has 0 aliphatic carbocycles. The number of H-pyrrole nitrogens is 1. The highest BCUT2D eigenvalue weighted by Crippen LogP contribution is 2.05. The number of aryl methyl sites for hydroxylation is 3. The summed E-state index contributed by atoms with van der Waals surface area (Å²) in [5, 5.41) is 3.30. The minimum absolute atomic E-state index is 0.804. The molecule has 2 N–H and O–H groups in total. The van der Waals surface area contributed by atoms with Crippen molar-refractivity contribution in [3.05, 3.63) is 35.8 Å². The fraction of sp³-hybridized carbons (Fsp3) is 0.417. The highest BCUT2D eigenvalue weighted by molar-refractivity contribution is 5.35. The van der Waals surface area contributed by atoms with Crippen molar-refractivity contribution in [3.63, 3.8) is 0 Å². The summed E-state index contributed by atoms with van der Waals surface area (Å²) in [7, 11) is 0. The molecule has 0 saturated carbocycles. The van der Waals surface area contributed by atoms with Crippen LogP contribution in [0.1, 0.15) is 23.8 Å². The normalized spacial score (nSPS) is 10.5. The molecule has 90 valence electrons. The van der Waals surface area contributed by atoms with Gasteiger partial charge in [-0.15, -0.1) is 0 Å². The van der Waals surface area contributed by atoms with Crippen LogP contribution in [-0.4, -0.2) is 26.5 Å². The zero-order valence-corrected chi connectivity index (χ0v) is 10.2. The van der Waals surface area contributed by atoms with E-state index in [1.165, 1.54) is 0 Å². The molecule has 0 spiro atoms. The maximum absolute atomic E-state index is 4.32.